The molecule has 0 unspecified atom stereocenters. The third-order valence-corrected chi connectivity index (χ3v) is 3.72. The van der Waals surface area contributed by atoms with Gasteiger partial charge in [0.2, 0.25) is 5.91 Å². The molecule has 2 aromatic carbocycles. The first kappa shape index (κ1) is 16.9. The molecular formula is C19H23NO3. The lowest BCUT2D eigenvalue weighted by atomic mass is 10.1. The van der Waals surface area contributed by atoms with Gasteiger partial charge in [-0.2, -0.15) is 0 Å². The van der Waals surface area contributed by atoms with Crippen LogP contribution in [-0.4, -0.2) is 26.7 Å². The Bertz CT molecular complexity index is 618. The Hall–Kier alpha value is -2.49. The number of carbonyl (C=O) groups excluding carboxylic acids is 1. The van der Waals surface area contributed by atoms with E-state index in [1.54, 1.807) is 19.1 Å². The number of carbonyl (C=O) groups is 1. The average molecular weight is 313 g/mol. The van der Waals surface area contributed by atoms with E-state index >= 15 is 0 Å². The summed E-state index contributed by atoms with van der Waals surface area (Å²) in [6.07, 6.45) is 1.09. The number of hydrogen-bond acceptors (Lipinski definition) is 3. The van der Waals surface area contributed by atoms with Crippen molar-refractivity contribution in [1.82, 2.24) is 0 Å². The highest BCUT2D eigenvalue weighted by Crippen LogP contribution is 2.24. The number of amides is 1. The van der Waals surface area contributed by atoms with E-state index in [9.17, 15) is 4.79 Å². The molecule has 4 heteroatoms. The fourth-order valence-corrected chi connectivity index (χ4v) is 2.51. The van der Waals surface area contributed by atoms with Crippen molar-refractivity contribution in [3.8, 4) is 11.5 Å². The molecule has 2 aromatic rings. The van der Waals surface area contributed by atoms with Gasteiger partial charge in [-0.05, 0) is 43.2 Å². The fraction of sp³-hybridized carbons (Fsp3) is 0.316. The van der Waals surface area contributed by atoms with Crippen LogP contribution in [-0.2, 0) is 11.2 Å². The number of rotatable bonds is 7. The van der Waals surface area contributed by atoms with Crippen molar-refractivity contribution in [3.05, 3.63) is 54.1 Å². The predicted molar refractivity (Wildman–Crippen MR) is 92.3 cm³/mol. The van der Waals surface area contributed by atoms with E-state index in [1.165, 1.54) is 0 Å². The van der Waals surface area contributed by atoms with Gasteiger partial charge in [-0.3, -0.25) is 4.79 Å². The molecule has 0 spiro atoms. The Morgan fingerprint density at radius 3 is 2.13 bits per heavy atom. The molecule has 0 radical (unpaired) electrons. The highest BCUT2D eigenvalue weighted by molar-refractivity contribution is 5.93. The Balaban J connectivity index is 2.06. The average Bonchev–Trinajstić information content (AvgIpc) is 2.61. The maximum Gasteiger partial charge on any atom is 0.227 e. The summed E-state index contributed by atoms with van der Waals surface area (Å²) in [6, 6.07) is 15.4. The van der Waals surface area contributed by atoms with Gasteiger partial charge in [0.05, 0.1) is 14.2 Å². The van der Waals surface area contributed by atoms with E-state index < -0.39 is 0 Å². The Morgan fingerprint density at radius 2 is 1.61 bits per heavy atom. The SMILES string of the molecule is CCN(C(=O)CCc1cc(OC)cc(OC)c1)c1ccccc1. The predicted octanol–water partition coefficient (Wildman–Crippen LogP) is 3.69. The Kier molecular flexibility index (Phi) is 6.03. The van der Waals surface area contributed by atoms with Gasteiger partial charge in [-0.1, -0.05) is 18.2 Å². The third-order valence-electron chi connectivity index (χ3n) is 3.72. The van der Waals surface area contributed by atoms with Crippen LogP contribution in [0.15, 0.2) is 48.5 Å². The first-order chi connectivity index (χ1) is 11.2. The number of hydrogen-bond donors (Lipinski definition) is 0. The van der Waals surface area contributed by atoms with Gasteiger partial charge in [0.25, 0.3) is 0 Å². The second-order valence-corrected chi connectivity index (χ2v) is 5.19. The molecule has 0 saturated heterocycles. The Morgan fingerprint density at radius 1 is 1.00 bits per heavy atom. The number of aryl methyl sites for hydroxylation is 1. The van der Waals surface area contributed by atoms with Crippen molar-refractivity contribution in [2.75, 3.05) is 25.7 Å². The van der Waals surface area contributed by atoms with Crippen LogP contribution in [0.3, 0.4) is 0 Å². The van der Waals surface area contributed by atoms with Crippen LogP contribution in [0.2, 0.25) is 0 Å². The van der Waals surface area contributed by atoms with E-state index in [-0.39, 0.29) is 5.91 Å². The van der Waals surface area contributed by atoms with Crippen molar-refractivity contribution < 1.29 is 14.3 Å². The van der Waals surface area contributed by atoms with Crippen molar-refractivity contribution >= 4 is 11.6 Å². The number of nitrogens with zero attached hydrogens (tertiary/aromatic N) is 1. The molecule has 0 atom stereocenters. The maximum absolute atomic E-state index is 12.5. The summed E-state index contributed by atoms with van der Waals surface area (Å²) in [5.74, 6) is 1.59. The lowest BCUT2D eigenvalue weighted by Gasteiger charge is -2.21. The molecule has 4 nitrogen and oxygen atoms in total. The van der Waals surface area contributed by atoms with Crippen LogP contribution < -0.4 is 14.4 Å². The molecule has 0 heterocycles. The maximum atomic E-state index is 12.5. The highest BCUT2D eigenvalue weighted by atomic mass is 16.5. The number of methoxy groups -OCH3 is 2. The first-order valence-electron chi connectivity index (χ1n) is 7.75. The smallest absolute Gasteiger partial charge is 0.227 e. The van der Waals surface area contributed by atoms with Gasteiger partial charge in [0.1, 0.15) is 11.5 Å². The lowest BCUT2D eigenvalue weighted by molar-refractivity contribution is -0.118. The van der Waals surface area contributed by atoms with Crippen LogP contribution in [0.5, 0.6) is 11.5 Å². The van der Waals surface area contributed by atoms with Crippen molar-refractivity contribution in [2.24, 2.45) is 0 Å². The number of ether oxygens (including phenoxy) is 2. The molecule has 0 fully saturated rings. The van der Waals surface area contributed by atoms with Crippen LogP contribution in [0.1, 0.15) is 18.9 Å². The standard InChI is InChI=1S/C19H23NO3/c1-4-20(16-8-6-5-7-9-16)19(21)11-10-15-12-17(22-2)14-18(13-15)23-3/h5-9,12-14H,4,10-11H2,1-3H3. The van der Waals surface area contributed by atoms with E-state index in [2.05, 4.69) is 0 Å². The van der Waals surface area contributed by atoms with Crippen LogP contribution in [0.25, 0.3) is 0 Å². The quantitative estimate of drug-likeness (QED) is 0.782. The first-order valence-corrected chi connectivity index (χ1v) is 7.75. The summed E-state index contributed by atoms with van der Waals surface area (Å²) in [5, 5.41) is 0. The zero-order valence-corrected chi connectivity index (χ0v) is 13.9. The van der Waals surface area contributed by atoms with Crippen LogP contribution >= 0.6 is 0 Å². The van der Waals surface area contributed by atoms with E-state index in [4.69, 9.17) is 9.47 Å². The largest absolute Gasteiger partial charge is 0.497 e. The van der Waals surface area contributed by atoms with Gasteiger partial charge >= 0.3 is 0 Å². The number of benzene rings is 2. The zero-order chi connectivity index (χ0) is 16.7. The molecule has 2 rings (SSSR count). The minimum absolute atomic E-state index is 0.112. The van der Waals surface area contributed by atoms with Gasteiger partial charge in [-0.15, -0.1) is 0 Å². The third kappa shape index (κ3) is 4.49. The molecule has 0 aliphatic rings. The van der Waals surface area contributed by atoms with Gasteiger partial charge < -0.3 is 14.4 Å². The molecular weight excluding hydrogens is 290 g/mol. The van der Waals surface area contributed by atoms with Gasteiger partial charge in [-0.25, -0.2) is 0 Å². The molecule has 0 saturated carbocycles. The summed E-state index contributed by atoms with van der Waals surface area (Å²) in [6.45, 7) is 2.64. The van der Waals surface area contributed by atoms with E-state index in [0.717, 1.165) is 22.7 Å². The molecule has 0 bridgehead atoms. The molecule has 0 N–H and O–H groups in total. The normalized spacial score (nSPS) is 10.2. The second kappa shape index (κ2) is 8.22. The topological polar surface area (TPSA) is 38.8 Å². The Labute approximate surface area is 137 Å². The fourth-order valence-electron chi connectivity index (χ4n) is 2.51. The second-order valence-electron chi connectivity index (χ2n) is 5.19. The minimum atomic E-state index is 0.112. The summed E-state index contributed by atoms with van der Waals surface area (Å²) in [7, 11) is 3.25. The molecule has 0 aromatic heterocycles. The zero-order valence-electron chi connectivity index (χ0n) is 13.9. The van der Waals surface area contributed by atoms with E-state index in [0.29, 0.717) is 19.4 Å². The number of anilines is 1. The summed E-state index contributed by atoms with van der Waals surface area (Å²) < 4.78 is 10.5. The van der Waals surface area contributed by atoms with Crippen molar-refractivity contribution in [3.63, 3.8) is 0 Å². The van der Waals surface area contributed by atoms with Gasteiger partial charge in [0, 0.05) is 24.7 Å². The van der Waals surface area contributed by atoms with E-state index in [1.807, 2.05) is 55.5 Å². The molecule has 0 aliphatic heterocycles. The summed E-state index contributed by atoms with van der Waals surface area (Å²) in [4.78, 5) is 14.3. The molecule has 0 aliphatic carbocycles. The molecule has 1 amide bonds. The summed E-state index contributed by atoms with van der Waals surface area (Å²) in [5.41, 5.74) is 1.96. The minimum Gasteiger partial charge on any atom is -0.497 e. The van der Waals surface area contributed by atoms with Crippen LogP contribution in [0.4, 0.5) is 5.69 Å². The van der Waals surface area contributed by atoms with Gasteiger partial charge in [0.15, 0.2) is 0 Å². The van der Waals surface area contributed by atoms with Crippen molar-refractivity contribution in [1.29, 1.82) is 0 Å². The molecule has 122 valence electrons. The highest BCUT2D eigenvalue weighted by Gasteiger charge is 2.14. The molecule has 23 heavy (non-hydrogen) atoms. The lowest BCUT2D eigenvalue weighted by Crippen LogP contribution is -2.30. The summed E-state index contributed by atoms with van der Waals surface area (Å²) >= 11 is 0. The van der Waals surface area contributed by atoms with Crippen molar-refractivity contribution in [2.45, 2.75) is 19.8 Å². The monoisotopic (exact) mass is 313 g/mol. The van der Waals surface area contributed by atoms with Crippen LogP contribution in [0, 0.1) is 0 Å². The number of para-hydroxylation sites is 1.